The van der Waals surface area contributed by atoms with Crippen molar-refractivity contribution in [3.05, 3.63) is 65.2 Å². The van der Waals surface area contributed by atoms with Crippen LogP contribution >= 0.6 is 0 Å². The number of anilines is 1. The SMILES string of the molecule is CCCc1c(C(=O)Nc2cccc(-n3cccn3)c2)[nH]c(C)c1C(=O)OC. The highest BCUT2D eigenvalue weighted by atomic mass is 16.5. The molecule has 0 saturated carbocycles. The molecule has 0 spiro atoms. The molecule has 1 amide bonds. The highest BCUT2D eigenvalue weighted by Gasteiger charge is 2.24. The van der Waals surface area contributed by atoms with Crippen molar-refractivity contribution in [2.45, 2.75) is 26.7 Å². The Kier molecular flexibility index (Phi) is 5.40. The van der Waals surface area contributed by atoms with Gasteiger partial charge in [-0.1, -0.05) is 19.4 Å². The third kappa shape index (κ3) is 3.76. The van der Waals surface area contributed by atoms with E-state index in [1.165, 1.54) is 7.11 Å². The van der Waals surface area contributed by atoms with E-state index in [0.29, 0.717) is 34.6 Å². The molecule has 0 aliphatic rings. The second-order valence-electron chi connectivity index (χ2n) is 6.18. The van der Waals surface area contributed by atoms with Crippen LogP contribution in [0, 0.1) is 6.92 Å². The maximum Gasteiger partial charge on any atom is 0.339 e. The summed E-state index contributed by atoms with van der Waals surface area (Å²) in [5.74, 6) is -0.735. The number of aryl methyl sites for hydroxylation is 1. The first-order valence-corrected chi connectivity index (χ1v) is 8.76. The number of rotatable bonds is 6. The van der Waals surface area contributed by atoms with E-state index in [1.807, 2.05) is 37.4 Å². The van der Waals surface area contributed by atoms with Gasteiger partial charge >= 0.3 is 5.97 Å². The molecule has 3 rings (SSSR count). The van der Waals surface area contributed by atoms with Gasteiger partial charge < -0.3 is 15.0 Å². The van der Waals surface area contributed by atoms with Crippen LogP contribution in [0.4, 0.5) is 5.69 Å². The van der Waals surface area contributed by atoms with Gasteiger partial charge in [0.15, 0.2) is 0 Å². The lowest BCUT2D eigenvalue weighted by Crippen LogP contribution is -2.15. The summed E-state index contributed by atoms with van der Waals surface area (Å²) in [5.41, 5.74) is 3.61. The summed E-state index contributed by atoms with van der Waals surface area (Å²) < 4.78 is 6.59. The van der Waals surface area contributed by atoms with Gasteiger partial charge in [-0.3, -0.25) is 4.79 Å². The zero-order chi connectivity index (χ0) is 19.4. The van der Waals surface area contributed by atoms with Gasteiger partial charge in [-0.15, -0.1) is 0 Å². The van der Waals surface area contributed by atoms with Crippen LogP contribution < -0.4 is 5.32 Å². The van der Waals surface area contributed by atoms with Crippen LogP contribution in [0.3, 0.4) is 0 Å². The van der Waals surface area contributed by atoms with E-state index in [9.17, 15) is 9.59 Å². The van der Waals surface area contributed by atoms with Crippen LogP contribution in [-0.2, 0) is 11.2 Å². The van der Waals surface area contributed by atoms with Gasteiger partial charge in [0.05, 0.1) is 18.4 Å². The lowest BCUT2D eigenvalue weighted by atomic mass is 10.0. The van der Waals surface area contributed by atoms with Crippen molar-refractivity contribution in [2.75, 3.05) is 12.4 Å². The molecule has 0 unspecified atom stereocenters. The lowest BCUT2D eigenvalue weighted by Gasteiger charge is -2.09. The average Bonchev–Trinajstić information content (AvgIpc) is 3.30. The van der Waals surface area contributed by atoms with Gasteiger partial charge in [-0.05, 0) is 43.2 Å². The van der Waals surface area contributed by atoms with E-state index in [4.69, 9.17) is 4.74 Å². The van der Waals surface area contributed by atoms with Crippen LogP contribution in [0.1, 0.15) is 45.4 Å². The van der Waals surface area contributed by atoms with Crippen molar-refractivity contribution >= 4 is 17.6 Å². The summed E-state index contributed by atoms with van der Waals surface area (Å²) in [6, 6.07) is 9.22. The van der Waals surface area contributed by atoms with E-state index >= 15 is 0 Å². The molecule has 0 bridgehead atoms. The number of hydrogen-bond donors (Lipinski definition) is 2. The maximum atomic E-state index is 12.9. The fourth-order valence-electron chi connectivity index (χ4n) is 3.09. The zero-order valence-corrected chi connectivity index (χ0v) is 15.6. The van der Waals surface area contributed by atoms with E-state index in [1.54, 1.807) is 23.9 Å². The first-order chi connectivity index (χ1) is 13.0. The first-order valence-electron chi connectivity index (χ1n) is 8.76. The molecule has 0 aliphatic carbocycles. The van der Waals surface area contributed by atoms with Gasteiger partial charge in [0.2, 0.25) is 0 Å². The fourth-order valence-corrected chi connectivity index (χ4v) is 3.09. The van der Waals surface area contributed by atoms with Crippen molar-refractivity contribution in [2.24, 2.45) is 0 Å². The summed E-state index contributed by atoms with van der Waals surface area (Å²) >= 11 is 0. The van der Waals surface area contributed by atoms with Crippen LogP contribution in [0.15, 0.2) is 42.7 Å². The number of methoxy groups -OCH3 is 1. The number of ether oxygens (including phenoxy) is 1. The quantitative estimate of drug-likeness (QED) is 0.654. The van der Waals surface area contributed by atoms with E-state index in [2.05, 4.69) is 15.4 Å². The van der Waals surface area contributed by atoms with E-state index in [-0.39, 0.29) is 5.91 Å². The number of nitrogens with one attached hydrogen (secondary N) is 2. The Hall–Kier alpha value is -3.35. The Morgan fingerprint density at radius 1 is 1.30 bits per heavy atom. The number of aromatic amines is 1. The van der Waals surface area contributed by atoms with Crippen molar-refractivity contribution in [3.8, 4) is 5.69 Å². The lowest BCUT2D eigenvalue weighted by molar-refractivity contribution is 0.0599. The third-order valence-corrected chi connectivity index (χ3v) is 4.28. The number of H-pyrrole nitrogens is 1. The number of nitrogens with zero attached hydrogens (tertiary/aromatic N) is 2. The molecule has 2 aromatic heterocycles. The van der Waals surface area contributed by atoms with Crippen molar-refractivity contribution in [3.63, 3.8) is 0 Å². The topological polar surface area (TPSA) is 89.0 Å². The monoisotopic (exact) mass is 366 g/mol. The first kappa shape index (κ1) is 18.4. The molecule has 3 aromatic rings. The molecule has 140 valence electrons. The van der Waals surface area contributed by atoms with Gasteiger partial charge in [-0.2, -0.15) is 5.10 Å². The minimum absolute atomic E-state index is 0.297. The second kappa shape index (κ2) is 7.90. The Balaban J connectivity index is 1.91. The van der Waals surface area contributed by atoms with Crippen molar-refractivity contribution in [1.29, 1.82) is 0 Å². The van der Waals surface area contributed by atoms with Crippen LogP contribution in [0.2, 0.25) is 0 Å². The van der Waals surface area contributed by atoms with E-state index in [0.717, 1.165) is 12.1 Å². The Labute approximate surface area is 157 Å². The number of carbonyl (C=O) groups is 2. The Bertz CT molecular complexity index is 958. The molecule has 0 saturated heterocycles. The molecule has 0 aliphatic heterocycles. The maximum absolute atomic E-state index is 12.9. The van der Waals surface area contributed by atoms with Gasteiger partial charge in [0, 0.05) is 23.8 Å². The second-order valence-corrected chi connectivity index (χ2v) is 6.18. The van der Waals surface area contributed by atoms with Gasteiger partial charge in [0.25, 0.3) is 5.91 Å². The van der Waals surface area contributed by atoms with Gasteiger partial charge in [0.1, 0.15) is 5.69 Å². The zero-order valence-electron chi connectivity index (χ0n) is 15.6. The molecular weight excluding hydrogens is 344 g/mol. The predicted octanol–water partition coefficient (Wildman–Crippen LogP) is 3.50. The number of carbonyl (C=O) groups excluding carboxylic acids is 2. The van der Waals surface area contributed by atoms with Crippen LogP contribution in [-0.4, -0.2) is 33.8 Å². The summed E-state index contributed by atoms with van der Waals surface area (Å²) in [7, 11) is 1.34. The summed E-state index contributed by atoms with van der Waals surface area (Å²) in [6.07, 6.45) is 4.93. The Morgan fingerprint density at radius 2 is 2.11 bits per heavy atom. The summed E-state index contributed by atoms with van der Waals surface area (Å²) in [4.78, 5) is 28.0. The molecule has 27 heavy (non-hydrogen) atoms. The van der Waals surface area contributed by atoms with E-state index < -0.39 is 5.97 Å². The van der Waals surface area contributed by atoms with Gasteiger partial charge in [-0.25, -0.2) is 9.48 Å². The number of amides is 1. The molecule has 0 atom stereocenters. The minimum Gasteiger partial charge on any atom is -0.465 e. The number of benzene rings is 1. The number of hydrogen-bond acceptors (Lipinski definition) is 4. The molecule has 2 N–H and O–H groups in total. The molecular formula is C20H22N4O3. The van der Waals surface area contributed by atoms with Crippen LogP contribution in [0.25, 0.3) is 5.69 Å². The minimum atomic E-state index is -0.438. The normalized spacial score (nSPS) is 10.6. The highest BCUT2D eigenvalue weighted by molar-refractivity contribution is 6.07. The third-order valence-electron chi connectivity index (χ3n) is 4.28. The molecule has 7 heteroatoms. The van der Waals surface area contributed by atoms with Crippen molar-refractivity contribution in [1.82, 2.24) is 14.8 Å². The smallest absolute Gasteiger partial charge is 0.339 e. The predicted molar refractivity (Wildman–Crippen MR) is 102 cm³/mol. The standard InChI is InChI=1S/C20H22N4O3/c1-4-7-16-17(20(26)27-3)13(2)22-18(16)19(25)23-14-8-5-9-15(12-14)24-11-6-10-21-24/h5-6,8-12,22H,4,7H2,1-3H3,(H,23,25). The number of esters is 1. The van der Waals surface area contributed by atoms with Crippen LogP contribution in [0.5, 0.6) is 0 Å². The molecule has 0 fully saturated rings. The molecule has 7 nitrogen and oxygen atoms in total. The Morgan fingerprint density at radius 3 is 2.78 bits per heavy atom. The molecule has 2 heterocycles. The fraction of sp³-hybridized carbons (Fsp3) is 0.250. The highest BCUT2D eigenvalue weighted by Crippen LogP contribution is 2.23. The largest absolute Gasteiger partial charge is 0.465 e. The summed E-state index contributed by atoms with van der Waals surface area (Å²) in [5, 5.41) is 7.09. The molecule has 0 radical (unpaired) electrons. The summed E-state index contributed by atoms with van der Waals surface area (Å²) in [6.45, 7) is 3.76. The van der Waals surface area contributed by atoms with Crippen molar-refractivity contribution < 1.29 is 14.3 Å². The average molecular weight is 366 g/mol. The number of aromatic nitrogens is 3. The molecule has 1 aromatic carbocycles.